The molecule has 3 atom stereocenters. The third-order valence-electron chi connectivity index (χ3n) is 5.79. The molecule has 1 heterocycles. The predicted octanol–water partition coefficient (Wildman–Crippen LogP) is 2.49. The van der Waals surface area contributed by atoms with E-state index < -0.39 is 26.1 Å². The molecule has 1 saturated carbocycles. The molecule has 1 aromatic heterocycles. The topological polar surface area (TPSA) is 152 Å². The number of sulfone groups is 1. The van der Waals surface area contributed by atoms with Crippen molar-refractivity contribution in [2.45, 2.75) is 41.7 Å². The molecule has 1 aromatic carbocycles. The number of aromatic nitrogens is 2. The number of primary amides is 1. The number of hydrogen-bond acceptors (Lipinski definition) is 8. The molecule has 0 bridgehead atoms. The number of ether oxygens (including phenoxy) is 1. The first-order valence-electron chi connectivity index (χ1n) is 10.7. The number of anilines is 2. The van der Waals surface area contributed by atoms with E-state index in [2.05, 4.69) is 21.8 Å². The molecule has 3 rings (SSSR count). The Labute approximate surface area is 200 Å². The van der Waals surface area contributed by atoms with Crippen LogP contribution in [0.3, 0.4) is 0 Å². The Balaban J connectivity index is 1.79. The summed E-state index contributed by atoms with van der Waals surface area (Å²) in [4.78, 5) is 11.1. The van der Waals surface area contributed by atoms with Crippen molar-refractivity contribution in [3.05, 3.63) is 36.0 Å². The Kier molecular flexibility index (Phi) is 8.04. The second-order valence-electron chi connectivity index (χ2n) is 8.09. The summed E-state index contributed by atoms with van der Waals surface area (Å²) in [5, 5.41) is 20.2. The van der Waals surface area contributed by atoms with Crippen LogP contribution in [0.25, 0.3) is 0 Å². The zero-order valence-corrected chi connectivity index (χ0v) is 19.6. The van der Waals surface area contributed by atoms with E-state index in [-0.39, 0.29) is 35.1 Å². The normalized spacial score (nSPS) is 20.8. The minimum Gasteiger partial charge on any atom is -0.383 e. The third kappa shape index (κ3) is 5.92. The van der Waals surface area contributed by atoms with Crippen molar-refractivity contribution in [3.8, 4) is 6.07 Å². The summed E-state index contributed by atoms with van der Waals surface area (Å²) < 4.78 is 67.9. The number of carbonyl (C=O) groups excluding carboxylic acids is 1. The summed E-state index contributed by atoms with van der Waals surface area (Å²) in [5.74, 6) is -1.14. The van der Waals surface area contributed by atoms with Crippen molar-refractivity contribution < 1.29 is 31.1 Å². The van der Waals surface area contributed by atoms with Gasteiger partial charge in [-0.15, -0.1) is 0 Å². The SMILES string of the molecule is COCCNC1CCC(n2cc(C(N)=O)c(Nc3ccc(S(=O)(=O)C(F)(F)F)cc3)n2)C(C#N)C1. The van der Waals surface area contributed by atoms with Crippen LogP contribution in [0.1, 0.15) is 35.7 Å². The highest BCUT2D eigenvalue weighted by molar-refractivity contribution is 7.92. The van der Waals surface area contributed by atoms with Gasteiger partial charge in [0, 0.05) is 31.6 Å². The Bertz CT molecular complexity index is 1190. The fourth-order valence-electron chi connectivity index (χ4n) is 3.98. The highest BCUT2D eigenvalue weighted by Gasteiger charge is 2.46. The van der Waals surface area contributed by atoms with Crippen LogP contribution in [0.15, 0.2) is 35.4 Å². The third-order valence-corrected chi connectivity index (χ3v) is 7.29. The lowest BCUT2D eigenvalue weighted by Crippen LogP contribution is -2.39. The summed E-state index contributed by atoms with van der Waals surface area (Å²) >= 11 is 0. The molecule has 0 aliphatic heterocycles. The van der Waals surface area contributed by atoms with Crippen LogP contribution in [0.2, 0.25) is 0 Å². The maximum Gasteiger partial charge on any atom is 0.501 e. The van der Waals surface area contributed by atoms with Gasteiger partial charge in [-0.3, -0.25) is 9.48 Å². The second-order valence-corrected chi connectivity index (χ2v) is 10.0. The summed E-state index contributed by atoms with van der Waals surface area (Å²) in [5.41, 5.74) is 0.271. The quantitative estimate of drug-likeness (QED) is 0.432. The molecule has 1 fully saturated rings. The van der Waals surface area contributed by atoms with Gasteiger partial charge in [0.1, 0.15) is 5.56 Å². The zero-order chi connectivity index (χ0) is 25.8. The first-order chi connectivity index (χ1) is 16.5. The summed E-state index contributed by atoms with van der Waals surface area (Å²) in [7, 11) is -3.88. The fraction of sp³-hybridized carbons (Fsp3) is 0.476. The van der Waals surface area contributed by atoms with E-state index in [0.29, 0.717) is 26.0 Å². The highest BCUT2D eigenvalue weighted by Crippen LogP contribution is 2.35. The lowest BCUT2D eigenvalue weighted by atomic mass is 9.82. The second kappa shape index (κ2) is 10.6. The molecular weight excluding hydrogens is 489 g/mol. The van der Waals surface area contributed by atoms with Crippen LogP contribution < -0.4 is 16.4 Å². The van der Waals surface area contributed by atoms with Gasteiger partial charge in [0.05, 0.1) is 29.5 Å². The van der Waals surface area contributed by atoms with E-state index in [1.54, 1.807) is 7.11 Å². The molecule has 3 unspecified atom stereocenters. The van der Waals surface area contributed by atoms with Gasteiger partial charge in [-0.2, -0.15) is 23.5 Å². The molecular formula is C21H25F3N6O4S. The zero-order valence-electron chi connectivity index (χ0n) is 18.7. The average molecular weight is 515 g/mol. The van der Waals surface area contributed by atoms with Gasteiger partial charge in [-0.05, 0) is 43.5 Å². The number of alkyl halides is 3. The molecule has 2 aromatic rings. The van der Waals surface area contributed by atoms with Gasteiger partial charge in [0.2, 0.25) is 0 Å². The molecule has 1 amide bonds. The van der Waals surface area contributed by atoms with Crippen molar-refractivity contribution in [2.75, 3.05) is 25.6 Å². The van der Waals surface area contributed by atoms with Crippen molar-refractivity contribution in [1.82, 2.24) is 15.1 Å². The summed E-state index contributed by atoms with van der Waals surface area (Å²) in [6.45, 7) is 1.21. The number of rotatable bonds is 9. The molecule has 0 saturated heterocycles. The van der Waals surface area contributed by atoms with Crippen molar-refractivity contribution in [3.63, 3.8) is 0 Å². The molecule has 1 aliphatic rings. The molecule has 0 radical (unpaired) electrons. The summed E-state index contributed by atoms with van der Waals surface area (Å²) in [6.07, 6.45) is 3.40. The molecule has 35 heavy (non-hydrogen) atoms. The van der Waals surface area contributed by atoms with Gasteiger partial charge in [-0.1, -0.05) is 0 Å². The predicted molar refractivity (Wildman–Crippen MR) is 119 cm³/mol. The number of methoxy groups -OCH3 is 1. The molecule has 1 aliphatic carbocycles. The first-order valence-corrected chi connectivity index (χ1v) is 12.2. The number of amides is 1. The van der Waals surface area contributed by atoms with Crippen molar-refractivity contribution in [1.29, 1.82) is 5.26 Å². The van der Waals surface area contributed by atoms with Crippen LogP contribution in [0.4, 0.5) is 24.7 Å². The van der Waals surface area contributed by atoms with Gasteiger partial charge in [0.25, 0.3) is 15.7 Å². The highest BCUT2D eigenvalue weighted by atomic mass is 32.2. The van der Waals surface area contributed by atoms with E-state index in [1.807, 2.05) is 0 Å². The molecule has 190 valence electrons. The number of nitriles is 1. The van der Waals surface area contributed by atoms with E-state index in [9.17, 15) is 31.6 Å². The van der Waals surface area contributed by atoms with E-state index in [0.717, 1.165) is 30.7 Å². The molecule has 0 spiro atoms. The average Bonchev–Trinajstić information content (AvgIpc) is 3.22. The van der Waals surface area contributed by atoms with Crippen LogP contribution in [0, 0.1) is 17.2 Å². The lowest BCUT2D eigenvalue weighted by Gasteiger charge is -2.33. The van der Waals surface area contributed by atoms with E-state index >= 15 is 0 Å². The number of nitrogens with two attached hydrogens (primary N) is 1. The standard InChI is InChI=1S/C21H25F3N6O4S/c1-34-9-8-27-15-4-7-18(13(10-15)11-25)30-12-17(19(26)31)20(29-30)28-14-2-5-16(6-3-14)35(32,33)21(22,23)24/h2-3,5-6,12-13,15,18,27H,4,7-10H2,1H3,(H2,26,31)(H,28,29). The van der Waals surface area contributed by atoms with Gasteiger partial charge >= 0.3 is 5.51 Å². The van der Waals surface area contributed by atoms with Gasteiger partial charge in [0.15, 0.2) is 5.82 Å². The van der Waals surface area contributed by atoms with E-state index in [1.165, 1.54) is 10.9 Å². The summed E-state index contributed by atoms with van der Waals surface area (Å²) in [6, 6.07) is 5.97. The first kappa shape index (κ1) is 26.5. The number of carbonyl (C=O) groups is 1. The lowest BCUT2D eigenvalue weighted by molar-refractivity contribution is -0.0436. The minimum atomic E-state index is -5.48. The van der Waals surface area contributed by atoms with Crippen LogP contribution in [-0.2, 0) is 14.6 Å². The Hall–Kier alpha value is -3.15. The number of hydrogen-bond donors (Lipinski definition) is 3. The largest absolute Gasteiger partial charge is 0.501 e. The van der Waals surface area contributed by atoms with Gasteiger partial charge in [-0.25, -0.2) is 8.42 Å². The fourth-order valence-corrected chi connectivity index (χ4v) is 4.74. The Morgan fingerprint density at radius 1 is 1.31 bits per heavy atom. The Morgan fingerprint density at radius 2 is 2.00 bits per heavy atom. The van der Waals surface area contributed by atoms with Gasteiger partial charge < -0.3 is 21.1 Å². The van der Waals surface area contributed by atoms with Crippen LogP contribution in [0.5, 0.6) is 0 Å². The molecule has 4 N–H and O–H groups in total. The van der Waals surface area contributed by atoms with E-state index in [4.69, 9.17) is 10.5 Å². The monoisotopic (exact) mass is 514 g/mol. The van der Waals surface area contributed by atoms with Crippen LogP contribution >= 0.6 is 0 Å². The smallest absolute Gasteiger partial charge is 0.383 e. The minimum absolute atomic E-state index is 0.0222. The van der Waals surface area contributed by atoms with Crippen molar-refractivity contribution in [2.24, 2.45) is 11.7 Å². The Morgan fingerprint density at radius 3 is 2.57 bits per heavy atom. The maximum absolute atomic E-state index is 12.8. The molecule has 10 nitrogen and oxygen atoms in total. The number of benzene rings is 1. The number of nitrogens with zero attached hydrogens (tertiary/aromatic N) is 3. The van der Waals surface area contributed by atoms with Crippen molar-refractivity contribution >= 4 is 27.2 Å². The molecule has 14 heteroatoms. The maximum atomic E-state index is 12.8. The number of nitrogens with one attached hydrogen (secondary N) is 2. The number of halogens is 3. The van der Waals surface area contributed by atoms with Crippen LogP contribution in [-0.4, -0.2) is 55.9 Å².